The maximum Gasteiger partial charge on any atom is 0.305 e. The number of hydrogen-bond acceptors (Lipinski definition) is 4. The minimum absolute atomic E-state index is 0. The summed E-state index contributed by atoms with van der Waals surface area (Å²) in [6.07, 6.45) is 0.775. The quantitative estimate of drug-likeness (QED) is 0.181. The molecule has 0 aromatic heterocycles. The molecule has 0 aromatic carbocycles. The maximum absolute atomic E-state index is 14.9. The molecule has 602 valence electrons. The Morgan fingerprint density at radius 1 is 1.03 bits per heavy atom. The first-order chi connectivity index (χ1) is 16.6. The number of carboxylic acid groups (broad SMARTS) is 1. The minimum Gasteiger partial charge on any atom is -0.481 e. The number of Topliss-reactive ketones (excluding diaryl/α,β-unsaturated/α-hetero) is 2. The van der Waals surface area contributed by atoms with Crippen molar-refractivity contribution in [3.8, 4) is 0 Å². The normalized spacial score (nSPS) is 30.9. The Balaban J connectivity index is -0.000000000371. The lowest BCUT2D eigenvalue weighted by molar-refractivity contribution is -0.152. The topological polar surface area (TPSA) is 91.7 Å². The van der Waals surface area contributed by atoms with Gasteiger partial charge in [-0.25, -0.2) is 0 Å². The number of carbonyl (C=O) groups excluding carboxylic acids is 2. The van der Waals surface area contributed by atoms with E-state index in [1.165, 1.54) is 6.92 Å². The molecule has 9 atom stereocenters. The van der Waals surface area contributed by atoms with Gasteiger partial charge in [-0.1, -0.05) is 75.7 Å². The van der Waals surface area contributed by atoms with Gasteiger partial charge >= 0.3 is 11.9 Å². The predicted octanol–water partition coefficient (Wildman–Crippen LogP) is 54.5. The number of halogens is 2. The van der Waals surface area contributed by atoms with E-state index in [4.69, 9.17) is 5.11 Å². The van der Waals surface area contributed by atoms with E-state index in [1.54, 1.807) is 27.7 Å². The summed E-state index contributed by atoms with van der Waals surface area (Å²) in [5.41, 5.74) is -3.66. The molecule has 5 nitrogen and oxygen atoms in total. The molecule has 0 aromatic rings. The van der Waals surface area contributed by atoms with Crippen LogP contribution in [0, 0.1) is 52.3 Å². The lowest BCUT2D eigenvalue weighted by atomic mass is 9.59. The van der Waals surface area contributed by atoms with E-state index >= 15 is 0 Å². The van der Waals surface area contributed by atoms with Gasteiger partial charge in [0.2, 0.25) is 5.78 Å². The van der Waals surface area contributed by atoms with E-state index in [2.05, 4.69) is 0 Å². The fraction of sp³-hybridized carbons (Fsp3) is 0.900. The van der Waals surface area contributed by atoms with Gasteiger partial charge in [0, 0.05) is 305 Å². The summed E-state index contributed by atoms with van der Waals surface area (Å²) >= 11 is 0. The lowest BCUT2D eigenvalue weighted by Crippen LogP contribution is -2.47. The molecule has 0 saturated heterocycles. The van der Waals surface area contributed by atoms with Crippen LogP contribution in [0.4, 0.5) is 8.78 Å². The molecule has 1 aliphatic rings. The SMILES string of the molecule is CCC(C)CC(F)(F)C(=O)C(C)C[C@@H]1[C@@](C)([C@@H](C)C(C)C(C)CC(C)CC(=O)O)C(=O)C(C)(C)[C@@]1(C)O.[HH].[HH].[HH].[HH].[HH].[HH].[HH].[HH].[HH].[HH].[HH].[HH].[HH].[HH].[HH].[HH].[HH].[HH].[HH].[HH].[HH].[HH].[HH].[HH].[HH].[HH].[HH].[HH].[HH].[HH].[HH].[HH].[HH].[HH].[HH].[HH].[HH].[HH].[HH].[HH].[HH].[HH].[HH].[HH].[HH].[HH].[HH].[HH].[HH].[HH].[HH].[HH].[HH].[HH].[HH].[HH].[HH].[HH].[HH].[HH].[HH].[HH].[HH].[HH].[HH].[HH].[HH].[HH].[HH].[HH].[HH].[HH].[HH].[HH].[HH].[HH].[HH].[HH].[HH].[HH].[HH].[HH].[HH].[HH].[HH].[HH].[HH].[HH].[HH].[HH].[HH].[HH].[HH].[HH].[HH].[HH].[HH].[HH].[HH].[HH].[HH].[HH].[HH].[HH].[HH].[HH].[HH].[HH].[HH].[HH].[HH].[HH].[HH].[HH].[HH].[HH].[HH].[HH].[HH].[HH].[HH].[HH].[HH].[HH].[HH].[HH].[HH].[HH].[HH].[HH].[HH].[HH].[HH].[HH].[HH].[HH].[HH].[HH].[HH].[HH].[HH].[HH].[HH].[HH].[HH].[HH].[HH].[HH].[HH].[HH].[HH].[HH].[HH].[HH].[HH].[HH].[HH].[HH].[HH].[HH].[HH].[HH].[HH].[HH].[HH].[HH].[HH].[HH].[HH].[HH].[HH].[HH].[HH].[HH].[HH].[HH].[HH].[HH].[HH].[HH].[HH].[HH].[HH].[HH].[HH].[HH].[HH].[HH].[HH].[HH].[HH].[HH].[HH]. The van der Waals surface area contributed by atoms with Crippen molar-refractivity contribution < 1.29 is 309 Å². The van der Waals surface area contributed by atoms with Crippen LogP contribution in [-0.4, -0.2) is 39.3 Å². The van der Waals surface area contributed by atoms with E-state index in [1.807, 2.05) is 41.5 Å². The first-order valence-corrected chi connectivity index (χ1v) is 14.0. The largest absolute Gasteiger partial charge is 0.481 e. The molecule has 1 fully saturated rings. The molecule has 0 amide bonds. The Hall–Kier alpha value is -1.37. The minimum atomic E-state index is -3.46. The van der Waals surface area contributed by atoms with Gasteiger partial charge in [0.15, 0.2) is 0 Å². The second kappa shape index (κ2) is 11.8. The molecule has 7 heteroatoms. The third-order valence-corrected chi connectivity index (χ3v) is 10.4. The summed E-state index contributed by atoms with van der Waals surface area (Å²) in [5.74, 6) is -7.72. The van der Waals surface area contributed by atoms with Crippen LogP contribution in [0.5, 0.6) is 0 Å². The smallest absolute Gasteiger partial charge is 0.305 e. The number of aliphatic carboxylic acids is 1. The van der Waals surface area contributed by atoms with Gasteiger partial charge < -0.3 is 10.2 Å². The Morgan fingerprint density at radius 2 is 1.54 bits per heavy atom. The molecule has 1 saturated carbocycles. The fourth-order valence-corrected chi connectivity index (χ4v) is 6.85. The Bertz CT molecular complexity index is 982. The average Bonchev–Trinajstić information content (AvgIpc) is 2.87. The van der Waals surface area contributed by atoms with Crippen LogP contribution in [0.25, 0.3) is 0 Å². The molecule has 0 bridgehead atoms. The van der Waals surface area contributed by atoms with E-state index in [-0.39, 0.29) is 324 Å². The van der Waals surface area contributed by atoms with Crippen LogP contribution >= 0.6 is 0 Å². The number of carboxylic acids is 1. The van der Waals surface area contributed by atoms with E-state index in [0.717, 1.165) is 0 Å². The number of hydrogen-bond donors (Lipinski definition) is 2. The van der Waals surface area contributed by atoms with Crippen LogP contribution in [0.1, 0.15) is 384 Å². The van der Waals surface area contributed by atoms with Crippen molar-refractivity contribution in [1.29, 1.82) is 0 Å². The first-order valence-electron chi connectivity index (χ1n) is 14.0. The van der Waals surface area contributed by atoms with Crippen LogP contribution < -0.4 is 0 Å². The molecule has 0 heterocycles. The lowest BCUT2D eigenvalue weighted by Gasteiger charge is -2.44. The van der Waals surface area contributed by atoms with Crippen LogP contribution in [0.15, 0.2) is 0 Å². The van der Waals surface area contributed by atoms with Crippen molar-refractivity contribution in [1.82, 2.24) is 0 Å². The molecule has 0 radical (unpaired) electrons. The van der Waals surface area contributed by atoms with Gasteiger partial charge in [-0.15, -0.1) is 0 Å². The molecule has 37 heavy (non-hydrogen) atoms. The number of rotatable bonds is 14. The summed E-state index contributed by atoms with van der Waals surface area (Å²) in [5, 5.41) is 20.9. The second-order valence-corrected chi connectivity index (χ2v) is 13.4. The van der Waals surface area contributed by atoms with E-state index < -0.39 is 52.4 Å². The predicted molar refractivity (Wildman–Crippen MR) is 550 cm³/mol. The second-order valence-electron chi connectivity index (χ2n) is 13.4. The molecular formula is C30H438F2O5. The van der Waals surface area contributed by atoms with Crippen molar-refractivity contribution in [2.45, 2.75) is 120 Å². The standard InChI is InChI=1S/C30H52F2O5.193H2/c1-12-17(2)16-30(31,32)25(35)20(5)15-23-28(10,26(36)27(8,9)29(23,11)37)22(7)21(6)19(4)13-18(3)14-24(33)34;;;;;;;;;;;;;;;;;;;;;;;;;;;;;;;;;;;;;;;;;;;;;;;;;;;;;;;;;;;;;;;;;;;;;;;;;;;;;;;;;;;;;;;;;;;;;;;;;;;;;;;;;;;;;;;;;;;;;;;;;;;;;;;;;;;;;;;;;;;;;;;;;;;;;;;;;;;;;;;;;;;;;;;;;;;;;;;;;;;;;;;;;;;;;;;;;/h17-23,37H,12-16H2,1-11H3,(H,33,34);193*1H/t17?,18?,19?,20?,21?,22-,23+,28+,29-;;;;;;;;;;;;;;;;;;;;;;;;;;;;;;;;;;;;;;;;;;;;;;;;;;;;;;;;;;;;;;;;;;;;;;;;;;;;;;;;;;;;;;;;;;;;;;;;;;;;;;;;;;;;;;;;;;;;;;;;;;;;;;;;;;;;;;;;;;;;;;;;;;;;;;;;;;;;;;;;;;;;;;;;;;;;;;;;;;;;;;;;;;;;;;;;;/m0................................................................................................................................................................................................./s1. The van der Waals surface area contributed by atoms with Crippen LogP contribution in [0.2, 0.25) is 0 Å². The monoisotopic (exact) mass is 919 g/mol. The zero-order chi connectivity index (χ0) is 29.3. The van der Waals surface area contributed by atoms with Crippen molar-refractivity contribution in [2.24, 2.45) is 52.3 Å². The average molecular weight is 920 g/mol. The van der Waals surface area contributed by atoms with Gasteiger partial charge in [-0.05, 0) is 49.4 Å². The third-order valence-electron chi connectivity index (χ3n) is 10.4. The molecule has 1 aliphatic carbocycles. The summed E-state index contributed by atoms with van der Waals surface area (Å²) in [4.78, 5) is 38.0. The zero-order valence-electron chi connectivity index (χ0n) is 25.0. The molecule has 5 unspecified atom stereocenters. The van der Waals surface area contributed by atoms with E-state index in [0.29, 0.717) is 12.8 Å². The highest BCUT2D eigenvalue weighted by atomic mass is 19.3. The number of carbonyl (C=O) groups is 3. The number of alkyl halides is 2. The first kappa shape index (κ1) is 33.7. The van der Waals surface area contributed by atoms with Crippen LogP contribution in [-0.2, 0) is 14.4 Å². The Morgan fingerprint density at radius 3 is 2.00 bits per heavy atom. The van der Waals surface area contributed by atoms with Gasteiger partial charge in [0.05, 0.1) is 11.0 Å². The maximum atomic E-state index is 14.9. The van der Waals surface area contributed by atoms with Gasteiger partial charge in [0.1, 0.15) is 5.78 Å². The summed E-state index contributed by atoms with van der Waals surface area (Å²) < 4.78 is 29.8. The van der Waals surface area contributed by atoms with Gasteiger partial charge in [-0.2, -0.15) is 8.78 Å². The van der Waals surface area contributed by atoms with Crippen LogP contribution in [0.3, 0.4) is 0 Å². The van der Waals surface area contributed by atoms with Crippen molar-refractivity contribution in [2.75, 3.05) is 0 Å². The van der Waals surface area contributed by atoms with E-state index in [9.17, 15) is 28.3 Å². The Kier molecular flexibility index (Phi) is 10.7. The highest BCUT2D eigenvalue weighted by Gasteiger charge is 2.69. The van der Waals surface area contributed by atoms with Crippen molar-refractivity contribution >= 4 is 17.5 Å². The third kappa shape index (κ3) is 6.62. The Labute approximate surface area is 509 Å². The molecule has 0 aliphatic heterocycles. The molecule has 1 rings (SSSR count). The molecule has 2 N–H and O–H groups in total. The fourth-order valence-electron chi connectivity index (χ4n) is 6.85. The molecule has 0 spiro atoms. The number of aliphatic hydroxyl groups is 1. The van der Waals surface area contributed by atoms with Gasteiger partial charge in [-0.3, -0.25) is 14.4 Å². The van der Waals surface area contributed by atoms with Crippen molar-refractivity contribution in [3.05, 3.63) is 0 Å². The highest BCUT2D eigenvalue weighted by Crippen LogP contribution is 2.62. The van der Waals surface area contributed by atoms with Gasteiger partial charge in [0.25, 0.3) is 0 Å². The summed E-state index contributed by atoms with van der Waals surface area (Å²) in [6, 6.07) is 0. The summed E-state index contributed by atoms with van der Waals surface area (Å²) in [6.45, 7) is 19.8. The highest BCUT2D eigenvalue weighted by molar-refractivity contribution is 5.94. The summed E-state index contributed by atoms with van der Waals surface area (Å²) in [7, 11) is 0. The zero-order valence-corrected chi connectivity index (χ0v) is 25.0. The van der Waals surface area contributed by atoms with Crippen molar-refractivity contribution in [3.63, 3.8) is 0 Å². The molecular weight excluding hydrogens is 478 g/mol. The number of ketones is 2.